The average molecular weight is 447 g/mol. The fraction of sp³-hybridized carbons (Fsp3) is 0.640. The van der Waals surface area contributed by atoms with Crippen LogP contribution in [0.2, 0.25) is 0 Å². The summed E-state index contributed by atoms with van der Waals surface area (Å²) in [7, 11) is 0. The van der Waals surface area contributed by atoms with E-state index in [4.69, 9.17) is 4.74 Å². The van der Waals surface area contributed by atoms with Gasteiger partial charge in [0.1, 0.15) is 0 Å². The summed E-state index contributed by atoms with van der Waals surface area (Å²) in [6.07, 6.45) is 5.32. The Bertz CT molecular complexity index is 1040. The number of halogens is 3. The Hall–Kier alpha value is -1.86. The van der Waals surface area contributed by atoms with Gasteiger partial charge in [-0.25, -0.2) is 0 Å². The third kappa shape index (κ3) is 3.39. The minimum Gasteiger partial charge on any atom is -0.378 e. The smallest absolute Gasteiger partial charge is 0.378 e. The van der Waals surface area contributed by atoms with E-state index in [1.807, 2.05) is 4.57 Å². The van der Waals surface area contributed by atoms with Crippen molar-refractivity contribution >= 4 is 16.7 Å². The van der Waals surface area contributed by atoms with Gasteiger partial charge in [0.2, 0.25) is 0 Å². The topological polar surface area (TPSA) is 34.5 Å². The first-order valence-electron chi connectivity index (χ1n) is 11.9. The number of fused-ring (bicyclic) bond motifs is 1. The minimum absolute atomic E-state index is 0.247. The molecule has 0 radical (unpaired) electrons. The summed E-state index contributed by atoms with van der Waals surface area (Å²) < 4.78 is 47.1. The predicted molar refractivity (Wildman–Crippen MR) is 115 cm³/mol. The molecule has 3 saturated carbocycles. The molecule has 32 heavy (non-hydrogen) atoms. The van der Waals surface area contributed by atoms with E-state index in [2.05, 4.69) is 4.90 Å². The van der Waals surface area contributed by atoms with Gasteiger partial charge in [0.05, 0.1) is 11.7 Å². The Morgan fingerprint density at radius 1 is 1.06 bits per heavy atom. The van der Waals surface area contributed by atoms with Crippen molar-refractivity contribution in [1.82, 2.24) is 9.47 Å². The van der Waals surface area contributed by atoms with Gasteiger partial charge in [-0.3, -0.25) is 9.69 Å². The highest BCUT2D eigenvalue weighted by Crippen LogP contribution is 2.69. The molecule has 4 nitrogen and oxygen atoms in total. The Morgan fingerprint density at radius 2 is 1.88 bits per heavy atom. The van der Waals surface area contributed by atoms with Gasteiger partial charge in [0.15, 0.2) is 0 Å². The highest BCUT2D eigenvalue weighted by Gasteiger charge is 2.73. The van der Waals surface area contributed by atoms with Crippen molar-refractivity contribution in [3.8, 4) is 0 Å². The molecule has 1 spiro atoms. The van der Waals surface area contributed by atoms with Crippen molar-refractivity contribution < 1.29 is 22.7 Å². The summed E-state index contributed by atoms with van der Waals surface area (Å²) in [4.78, 5) is 14.5. The van der Waals surface area contributed by atoms with Gasteiger partial charge in [-0.15, -0.1) is 0 Å². The second-order valence-electron chi connectivity index (χ2n) is 10.3. The number of aryl methyl sites for hydroxylation is 1. The van der Waals surface area contributed by atoms with E-state index in [-0.39, 0.29) is 5.56 Å². The lowest BCUT2D eigenvalue weighted by Gasteiger charge is -2.52. The number of ketones is 1. The lowest BCUT2D eigenvalue weighted by molar-refractivity contribution is -0.0884. The number of hydrogen-bond donors (Lipinski definition) is 0. The molecule has 3 aliphatic carbocycles. The van der Waals surface area contributed by atoms with Crippen LogP contribution in [0.15, 0.2) is 30.5 Å². The van der Waals surface area contributed by atoms with E-state index in [9.17, 15) is 18.0 Å². The molecule has 1 aliphatic heterocycles. The maximum atomic E-state index is 13.0. The molecule has 1 aromatic carbocycles. The number of carbonyl (C=O) groups excluding carboxylic acids is 1. The highest BCUT2D eigenvalue weighted by molar-refractivity contribution is 6.10. The molecule has 0 amide bonds. The van der Waals surface area contributed by atoms with Crippen molar-refractivity contribution in [3.05, 3.63) is 36.0 Å². The molecule has 0 bridgehead atoms. The minimum atomic E-state index is -4.86. The predicted octanol–water partition coefficient (Wildman–Crippen LogP) is 5.20. The van der Waals surface area contributed by atoms with Crippen LogP contribution < -0.4 is 0 Å². The Labute approximate surface area is 185 Å². The molecule has 7 heteroatoms. The average Bonchev–Trinajstić information content (AvgIpc) is 3.66. The van der Waals surface area contributed by atoms with E-state index in [1.54, 1.807) is 24.3 Å². The molecule has 4 atom stereocenters. The lowest BCUT2D eigenvalue weighted by Crippen LogP contribution is -2.59. The summed E-state index contributed by atoms with van der Waals surface area (Å²) >= 11 is 0. The normalized spacial score (nSPS) is 31.8. The number of alkyl halides is 3. The van der Waals surface area contributed by atoms with E-state index < -0.39 is 12.0 Å². The maximum Gasteiger partial charge on any atom is 0.454 e. The zero-order chi connectivity index (χ0) is 22.1. The van der Waals surface area contributed by atoms with Gasteiger partial charge in [0.25, 0.3) is 5.78 Å². The summed E-state index contributed by atoms with van der Waals surface area (Å²) in [6, 6.07) is 8.19. The molecule has 1 saturated heterocycles. The van der Waals surface area contributed by atoms with Gasteiger partial charge in [0, 0.05) is 54.3 Å². The number of likely N-dealkylation sites (tertiary alicyclic amines) is 1. The second kappa shape index (κ2) is 7.32. The number of rotatable bonds is 8. The first-order chi connectivity index (χ1) is 15.4. The van der Waals surface area contributed by atoms with E-state index in [1.165, 1.54) is 38.3 Å². The molecule has 2 aromatic rings. The number of benzene rings is 1. The first kappa shape index (κ1) is 20.7. The third-order valence-electron chi connectivity index (χ3n) is 8.28. The SMILES string of the molecule is O=C(c1cn(CCCN2C3CC[C@@H](OCC4CC4)CC34CC24)c2ccccc12)C(F)(F)F. The zero-order valence-electron chi connectivity index (χ0n) is 18.1. The van der Waals surface area contributed by atoms with Gasteiger partial charge in [-0.1, -0.05) is 18.2 Å². The van der Waals surface area contributed by atoms with Crippen molar-refractivity contribution in [3.63, 3.8) is 0 Å². The summed E-state index contributed by atoms with van der Waals surface area (Å²) in [5, 5.41) is 0.379. The number of aromatic nitrogens is 1. The van der Waals surface area contributed by atoms with Gasteiger partial charge in [-0.05, 0) is 56.9 Å². The van der Waals surface area contributed by atoms with E-state index >= 15 is 0 Å². The van der Waals surface area contributed by atoms with Crippen LogP contribution in [0.3, 0.4) is 0 Å². The first-order valence-corrected chi connectivity index (χ1v) is 11.9. The molecule has 4 aliphatic rings. The molecule has 2 heterocycles. The molecule has 172 valence electrons. The van der Waals surface area contributed by atoms with E-state index in [0.717, 1.165) is 31.9 Å². The van der Waals surface area contributed by atoms with Crippen LogP contribution >= 0.6 is 0 Å². The quantitative estimate of drug-likeness (QED) is 0.523. The Kier molecular flexibility index (Phi) is 4.74. The van der Waals surface area contributed by atoms with Crippen LogP contribution in [0.25, 0.3) is 10.9 Å². The fourth-order valence-corrected chi connectivity index (χ4v) is 6.45. The molecule has 0 N–H and O–H groups in total. The van der Waals surface area contributed by atoms with Crippen LogP contribution in [0, 0.1) is 11.3 Å². The van der Waals surface area contributed by atoms with Crippen molar-refractivity contribution in [2.45, 2.75) is 75.9 Å². The standard InChI is InChI=1S/C25H29F3N2O2/c26-25(27,28)23(31)19-14-29(20-5-2-1-4-18(19)20)10-3-11-30-21-9-8-17(32-15-16-6-7-16)12-24(21)13-22(24)30/h1-2,4-5,14,16-17,21-22H,3,6-13,15H2/t17-,21?,22?,24?/m1/s1. The number of carbonyl (C=O) groups is 1. The van der Waals surface area contributed by atoms with Gasteiger partial charge < -0.3 is 9.30 Å². The molecular weight excluding hydrogens is 417 g/mol. The summed E-state index contributed by atoms with van der Waals surface area (Å²) in [6.45, 7) is 2.52. The van der Waals surface area contributed by atoms with Gasteiger partial charge >= 0.3 is 6.18 Å². The number of para-hydroxylation sites is 1. The van der Waals surface area contributed by atoms with E-state index in [0.29, 0.717) is 41.1 Å². The van der Waals surface area contributed by atoms with Crippen LogP contribution in [-0.4, -0.2) is 52.8 Å². The highest BCUT2D eigenvalue weighted by atomic mass is 19.4. The largest absolute Gasteiger partial charge is 0.454 e. The molecular formula is C25H29F3N2O2. The van der Waals surface area contributed by atoms with Gasteiger partial charge in [-0.2, -0.15) is 13.2 Å². The molecule has 4 fully saturated rings. The Morgan fingerprint density at radius 3 is 2.66 bits per heavy atom. The maximum absolute atomic E-state index is 13.0. The second-order valence-corrected chi connectivity index (χ2v) is 10.3. The third-order valence-corrected chi connectivity index (χ3v) is 8.28. The van der Waals surface area contributed by atoms with Crippen LogP contribution in [0.5, 0.6) is 0 Å². The zero-order valence-corrected chi connectivity index (χ0v) is 18.1. The van der Waals surface area contributed by atoms with Crippen LogP contribution in [0.1, 0.15) is 55.3 Å². The monoisotopic (exact) mass is 446 g/mol. The fourth-order valence-electron chi connectivity index (χ4n) is 6.45. The summed E-state index contributed by atoms with van der Waals surface area (Å²) in [5.41, 5.74) is 0.930. The number of Topliss-reactive ketones (excluding diaryl/α,β-unsaturated/α-hetero) is 1. The Balaban J connectivity index is 1.07. The van der Waals surface area contributed by atoms with Crippen molar-refractivity contribution in [2.75, 3.05) is 13.2 Å². The lowest BCUT2D eigenvalue weighted by atomic mass is 9.73. The van der Waals surface area contributed by atoms with Crippen molar-refractivity contribution in [2.24, 2.45) is 11.3 Å². The molecule has 3 unspecified atom stereocenters. The van der Waals surface area contributed by atoms with Crippen molar-refractivity contribution in [1.29, 1.82) is 0 Å². The number of nitrogens with zero attached hydrogens (tertiary/aromatic N) is 2. The summed E-state index contributed by atoms with van der Waals surface area (Å²) in [5.74, 6) is -0.951. The molecule has 6 rings (SSSR count). The molecule has 1 aromatic heterocycles. The van der Waals surface area contributed by atoms with Crippen LogP contribution in [0.4, 0.5) is 13.2 Å². The number of ether oxygens (including phenoxy) is 1. The van der Waals surface area contributed by atoms with Crippen LogP contribution in [-0.2, 0) is 11.3 Å². The number of hydrogen-bond acceptors (Lipinski definition) is 3.